The van der Waals surface area contributed by atoms with Crippen LogP contribution < -0.4 is 0 Å². The van der Waals surface area contributed by atoms with Crippen LogP contribution in [-0.2, 0) is 65.4 Å². The predicted molar refractivity (Wildman–Crippen MR) is 358 cm³/mol. The Morgan fingerprint density at radius 1 is 0.326 bits per heavy atom. The number of aliphatic hydroxyl groups excluding tert-OH is 1. The Morgan fingerprint density at radius 2 is 0.573 bits per heavy atom. The molecule has 19 heteroatoms. The van der Waals surface area contributed by atoms with Crippen molar-refractivity contribution in [2.75, 3.05) is 39.6 Å². The van der Waals surface area contributed by atoms with E-state index >= 15 is 0 Å². The summed E-state index contributed by atoms with van der Waals surface area (Å²) >= 11 is 0. The van der Waals surface area contributed by atoms with E-state index in [1.807, 2.05) is 0 Å². The van der Waals surface area contributed by atoms with Gasteiger partial charge in [-0.1, -0.05) is 305 Å². The summed E-state index contributed by atoms with van der Waals surface area (Å²) in [5.74, 6) is -0.621. The lowest BCUT2D eigenvalue weighted by Gasteiger charge is -2.21. The summed E-state index contributed by atoms with van der Waals surface area (Å²) in [5, 5.41) is 10.6. The van der Waals surface area contributed by atoms with Gasteiger partial charge in [-0.25, -0.2) is 9.13 Å². The molecule has 0 saturated carbocycles. The van der Waals surface area contributed by atoms with Crippen LogP contribution in [0.1, 0.15) is 356 Å². The molecule has 0 saturated heterocycles. The van der Waals surface area contributed by atoms with Crippen molar-refractivity contribution >= 4 is 39.5 Å². The number of carbonyl (C=O) groups is 4. The highest BCUT2D eigenvalue weighted by atomic mass is 31.2. The number of carbonyl (C=O) groups excluding carboxylic acids is 4. The normalized spacial score (nSPS) is 14.4. The number of hydrogen-bond acceptors (Lipinski definition) is 15. The Labute approximate surface area is 543 Å². The number of ether oxygens (including phenoxy) is 4. The lowest BCUT2D eigenvalue weighted by atomic mass is 10.00. The summed E-state index contributed by atoms with van der Waals surface area (Å²) in [6, 6.07) is 0. The van der Waals surface area contributed by atoms with Crippen molar-refractivity contribution in [3.63, 3.8) is 0 Å². The van der Waals surface area contributed by atoms with Gasteiger partial charge >= 0.3 is 39.5 Å². The van der Waals surface area contributed by atoms with Gasteiger partial charge in [0.1, 0.15) is 19.3 Å². The van der Waals surface area contributed by atoms with Crippen molar-refractivity contribution in [3.8, 4) is 0 Å². The highest BCUT2D eigenvalue weighted by Crippen LogP contribution is 2.45. The van der Waals surface area contributed by atoms with Gasteiger partial charge in [0.05, 0.1) is 26.4 Å². The number of rotatable bonds is 69. The molecule has 6 atom stereocenters. The first kappa shape index (κ1) is 87.1. The lowest BCUT2D eigenvalue weighted by Crippen LogP contribution is -2.30. The maximum atomic E-state index is 13.0. The van der Waals surface area contributed by atoms with Crippen molar-refractivity contribution < 1.29 is 80.2 Å². The fourth-order valence-electron chi connectivity index (χ4n) is 10.6. The van der Waals surface area contributed by atoms with E-state index in [0.29, 0.717) is 25.7 Å². The van der Waals surface area contributed by atoms with Crippen LogP contribution in [0.15, 0.2) is 0 Å². The summed E-state index contributed by atoms with van der Waals surface area (Å²) in [7, 11) is -9.90. The summed E-state index contributed by atoms with van der Waals surface area (Å²) in [5.41, 5.74) is 0. The van der Waals surface area contributed by atoms with E-state index in [-0.39, 0.29) is 25.7 Å². The Balaban J connectivity index is 5.22. The Kier molecular flexibility index (Phi) is 60.8. The SMILES string of the molecule is CCCCCCCCCCCCCCCCCC(=O)OC[C@H](COP(=O)(O)OC[C@@H](O)COP(=O)(O)OC[C@@H](COC(=O)CCCCCCCCCC)OC(=O)CCCCCCCCC(C)CC)OC(=O)CCCCCCCCCCCCCCCC(C)C. The third kappa shape index (κ3) is 63.2. The van der Waals surface area contributed by atoms with Crippen molar-refractivity contribution in [2.45, 2.75) is 374 Å². The van der Waals surface area contributed by atoms with Gasteiger partial charge in [-0.15, -0.1) is 0 Å². The number of phosphoric acid groups is 2. The van der Waals surface area contributed by atoms with E-state index in [9.17, 15) is 43.2 Å². The van der Waals surface area contributed by atoms with E-state index < -0.39 is 97.5 Å². The zero-order valence-corrected chi connectivity index (χ0v) is 59.5. The molecule has 0 aromatic rings. The van der Waals surface area contributed by atoms with Crippen LogP contribution in [0.4, 0.5) is 0 Å². The van der Waals surface area contributed by atoms with E-state index in [1.54, 1.807) is 0 Å². The molecule has 3 N–H and O–H groups in total. The molecule has 0 spiro atoms. The summed E-state index contributed by atoms with van der Waals surface area (Å²) in [4.78, 5) is 72.4. The zero-order valence-electron chi connectivity index (χ0n) is 57.7. The molecule has 0 rings (SSSR count). The fraction of sp³-hybridized carbons (Fsp3) is 0.943. The van der Waals surface area contributed by atoms with Crippen LogP contribution in [0.3, 0.4) is 0 Å². The second kappa shape index (κ2) is 62.2. The van der Waals surface area contributed by atoms with Gasteiger partial charge in [-0.3, -0.25) is 37.3 Å². The Morgan fingerprint density at radius 3 is 0.854 bits per heavy atom. The van der Waals surface area contributed by atoms with Gasteiger partial charge in [-0.05, 0) is 37.5 Å². The van der Waals surface area contributed by atoms with Gasteiger partial charge in [0.15, 0.2) is 12.2 Å². The molecule has 0 fully saturated rings. The minimum Gasteiger partial charge on any atom is -0.462 e. The number of aliphatic hydroxyl groups is 1. The minimum atomic E-state index is -4.95. The van der Waals surface area contributed by atoms with Gasteiger partial charge in [-0.2, -0.15) is 0 Å². The first-order valence-corrected chi connectivity index (χ1v) is 39.5. The molecule has 89 heavy (non-hydrogen) atoms. The smallest absolute Gasteiger partial charge is 0.462 e. The van der Waals surface area contributed by atoms with Crippen LogP contribution in [0.25, 0.3) is 0 Å². The first-order valence-electron chi connectivity index (χ1n) is 36.5. The molecule has 0 aromatic carbocycles. The predicted octanol–water partition coefficient (Wildman–Crippen LogP) is 20.0. The molecule has 528 valence electrons. The van der Waals surface area contributed by atoms with E-state index in [4.69, 9.17) is 37.0 Å². The summed E-state index contributed by atoms with van der Waals surface area (Å²) in [6.07, 6.45) is 47.3. The Hall–Kier alpha value is -1.94. The first-order chi connectivity index (χ1) is 42.9. The van der Waals surface area contributed by atoms with Crippen molar-refractivity contribution in [3.05, 3.63) is 0 Å². The lowest BCUT2D eigenvalue weighted by molar-refractivity contribution is -0.161. The molecular formula is C70H136O17P2. The number of unbranched alkanes of at least 4 members (excludes halogenated alkanes) is 38. The summed E-state index contributed by atoms with van der Waals surface area (Å²) in [6.45, 7) is 9.49. The van der Waals surface area contributed by atoms with Crippen LogP contribution in [0.5, 0.6) is 0 Å². The van der Waals surface area contributed by atoms with E-state index in [0.717, 1.165) is 108 Å². The number of phosphoric ester groups is 2. The molecular weight excluding hydrogens is 1170 g/mol. The molecule has 0 radical (unpaired) electrons. The summed E-state index contributed by atoms with van der Waals surface area (Å²) < 4.78 is 68.2. The zero-order chi connectivity index (χ0) is 65.7. The molecule has 17 nitrogen and oxygen atoms in total. The molecule has 0 amide bonds. The highest BCUT2D eigenvalue weighted by molar-refractivity contribution is 7.47. The molecule has 0 aliphatic heterocycles. The van der Waals surface area contributed by atoms with Crippen LogP contribution in [0, 0.1) is 11.8 Å². The third-order valence-electron chi connectivity index (χ3n) is 16.6. The highest BCUT2D eigenvalue weighted by Gasteiger charge is 2.30. The van der Waals surface area contributed by atoms with Crippen molar-refractivity contribution in [1.29, 1.82) is 0 Å². The maximum Gasteiger partial charge on any atom is 0.472 e. The topological polar surface area (TPSA) is 237 Å². The van der Waals surface area contributed by atoms with Gasteiger partial charge in [0, 0.05) is 25.7 Å². The third-order valence-corrected chi connectivity index (χ3v) is 18.5. The average molecular weight is 1310 g/mol. The largest absolute Gasteiger partial charge is 0.472 e. The fourth-order valence-corrected chi connectivity index (χ4v) is 12.1. The van der Waals surface area contributed by atoms with E-state index in [1.165, 1.54) is 167 Å². The molecule has 0 heterocycles. The van der Waals surface area contributed by atoms with Crippen LogP contribution in [-0.4, -0.2) is 96.7 Å². The monoisotopic (exact) mass is 1310 g/mol. The minimum absolute atomic E-state index is 0.103. The number of esters is 4. The van der Waals surface area contributed by atoms with Crippen molar-refractivity contribution in [1.82, 2.24) is 0 Å². The van der Waals surface area contributed by atoms with Crippen LogP contribution >= 0.6 is 15.6 Å². The van der Waals surface area contributed by atoms with Crippen LogP contribution in [0.2, 0.25) is 0 Å². The molecule has 0 bridgehead atoms. The van der Waals surface area contributed by atoms with E-state index in [2.05, 4.69) is 41.5 Å². The standard InChI is InChI=1S/C70H136O17P2/c1-7-10-12-14-16-18-19-20-21-24-27-30-34-41-47-53-68(73)81-58-65(86-69(74)54-48-42-35-31-28-25-22-23-26-29-32-38-44-50-62(4)5)60-84-88(76,77)82-56-64(71)57-83-89(78,79)85-61-66(59-80-67(72)52-46-40-33-17-15-13-11-8-2)87-70(75)55-49-43-37-36-39-45-51-63(6)9-3/h62-66,71H,7-61H2,1-6H3,(H,76,77)(H,78,79)/t63?,64-,65-,66-/m1/s1. The van der Waals surface area contributed by atoms with Gasteiger partial charge in [0.25, 0.3) is 0 Å². The molecule has 3 unspecified atom stereocenters. The van der Waals surface area contributed by atoms with Crippen molar-refractivity contribution in [2.24, 2.45) is 11.8 Å². The number of hydrogen-bond donors (Lipinski definition) is 3. The Bertz CT molecular complexity index is 1740. The molecule has 0 aromatic heterocycles. The average Bonchev–Trinajstić information content (AvgIpc) is 3.57. The van der Waals surface area contributed by atoms with Gasteiger partial charge < -0.3 is 33.8 Å². The quantitative estimate of drug-likeness (QED) is 0.0222. The second-order valence-electron chi connectivity index (χ2n) is 26.0. The van der Waals surface area contributed by atoms with Gasteiger partial charge in [0.2, 0.25) is 0 Å². The second-order valence-corrected chi connectivity index (χ2v) is 28.9. The maximum absolute atomic E-state index is 13.0. The molecule has 0 aliphatic rings. The molecule has 0 aliphatic carbocycles.